The minimum absolute atomic E-state index is 0.329. The van der Waals surface area contributed by atoms with Crippen LogP contribution in [0.4, 0.5) is 0 Å². The summed E-state index contributed by atoms with van der Waals surface area (Å²) in [6, 6.07) is 0. The summed E-state index contributed by atoms with van der Waals surface area (Å²) in [5.41, 5.74) is 0. The Morgan fingerprint density at radius 3 is 1.64 bits per heavy atom. The van der Waals surface area contributed by atoms with Gasteiger partial charge in [-0.25, -0.2) is 4.57 Å². The van der Waals surface area contributed by atoms with Gasteiger partial charge in [-0.05, 0) is 13.8 Å². The molecule has 0 atom stereocenters. The van der Waals surface area contributed by atoms with Crippen LogP contribution >= 0.6 is 7.82 Å². The molecular weight excluding hydrogens is 207 g/mol. The van der Waals surface area contributed by atoms with Gasteiger partial charge in [0.2, 0.25) is 0 Å². The number of hydrogen-bond donors (Lipinski definition) is 3. The fourth-order valence-electron chi connectivity index (χ4n) is 0.160. The molecular formula is C8H19O5P. The molecule has 0 aromatic heterocycles. The first kappa shape index (κ1) is 19.2. The van der Waals surface area contributed by atoms with Crippen LogP contribution in [0, 0.1) is 0 Å². The predicted molar refractivity (Wildman–Crippen MR) is 56.8 cm³/mol. The highest BCUT2D eigenvalue weighted by Gasteiger charge is 2.11. The third-order valence-corrected chi connectivity index (χ3v) is 0.870. The van der Waals surface area contributed by atoms with Crippen molar-refractivity contribution in [2.75, 3.05) is 13.2 Å². The lowest BCUT2D eigenvalue weighted by atomic mass is 10.8. The summed E-state index contributed by atoms with van der Waals surface area (Å²) >= 11 is 0. The molecule has 0 saturated heterocycles. The van der Waals surface area contributed by atoms with Gasteiger partial charge < -0.3 is 14.9 Å². The number of aliphatic hydroxyl groups excluding tert-OH is 1. The molecule has 5 nitrogen and oxygen atoms in total. The van der Waals surface area contributed by atoms with Crippen molar-refractivity contribution in [2.24, 2.45) is 0 Å². The molecule has 0 fully saturated rings. The molecule has 6 heteroatoms. The van der Waals surface area contributed by atoms with Crippen LogP contribution in [-0.2, 0) is 9.09 Å². The van der Waals surface area contributed by atoms with Crippen molar-refractivity contribution in [1.29, 1.82) is 0 Å². The Hall–Kier alpha value is -0.450. The first-order chi connectivity index (χ1) is 6.39. The van der Waals surface area contributed by atoms with Gasteiger partial charge in [-0.1, -0.05) is 12.2 Å². The maximum Gasteiger partial charge on any atom is 0.469 e. The van der Waals surface area contributed by atoms with Gasteiger partial charge >= 0.3 is 7.82 Å². The SMILES string of the molecule is C=CC.C=CC.O=P(O)(O)OCCO. The number of rotatable bonds is 3. The van der Waals surface area contributed by atoms with Crippen molar-refractivity contribution >= 4 is 7.82 Å². The maximum absolute atomic E-state index is 9.75. The van der Waals surface area contributed by atoms with E-state index < -0.39 is 7.82 Å². The highest BCUT2D eigenvalue weighted by atomic mass is 31.2. The Morgan fingerprint density at radius 2 is 1.57 bits per heavy atom. The summed E-state index contributed by atoms with van der Waals surface area (Å²) in [4.78, 5) is 15.9. The Labute approximate surface area is 85.0 Å². The van der Waals surface area contributed by atoms with Crippen LogP contribution in [0.5, 0.6) is 0 Å². The van der Waals surface area contributed by atoms with Gasteiger partial charge in [-0.15, -0.1) is 13.2 Å². The molecule has 0 aromatic rings. The van der Waals surface area contributed by atoms with Gasteiger partial charge in [-0.3, -0.25) is 4.52 Å². The van der Waals surface area contributed by atoms with Crippen molar-refractivity contribution in [1.82, 2.24) is 0 Å². The molecule has 0 amide bonds. The first-order valence-corrected chi connectivity index (χ1v) is 5.37. The third-order valence-electron chi connectivity index (χ3n) is 0.351. The van der Waals surface area contributed by atoms with Crippen LogP contribution < -0.4 is 0 Å². The molecule has 0 aliphatic heterocycles. The van der Waals surface area contributed by atoms with E-state index in [0.717, 1.165) is 0 Å². The van der Waals surface area contributed by atoms with E-state index in [1.807, 2.05) is 13.8 Å². The lowest BCUT2D eigenvalue weighted by Crippen LogP contribution is -1.95. The second-order valence-electron chi connectivity index (χ2n) is 1.86. The van der Waals surface area contributed by atoms with Crippen molar-refractivity contribution < 1.29 is 24.0 Å². The number of allylic oxidation sites excluding steroid dienone is 2. The molecule has 0 saturated carbocycles. The normalized spacial score (nSPS) is 8.64. The van der Waals surface area contributed by atoms with E-state index in [-0.39, 0.29) is 13.2 Å². The van der Waals surface area contributed by atoms with E-state index in [1.54, 1.807) is 12.2 Å². The van der Waals surface area contributed by atoms with Crippen molar-refractivity contribution in [3.63, 3.8) is 0 Å². The van der Waals surface area contributed by atoms with Crippen LogP contribution in [-0.4, -0.2) is 28.1 Å². The fourth-order valence-corrected chi connectivity index (χ4v) is 0.479. The summed E-state index contributed by atoms with van der Waals surface area (Å²) in [7, 11) is -4.34. The second kappa shape index (κ2) is 15.0. The lowest BCUT2D eigenvalue weighted by molar-refractivity contribution is 0.151. The summed E-state index contributed by atoms with van der Waals surface area (Å²) in [5.74, 6) is 0. The van der Waals surface area contributed by atoms with Gasteiger partial charge in [-0.2, -0.15) is 0 Å². The number of aliphatic hydroxyl groups is 1. The largest absolute Gasteiger partial charge is 0.469 e. The van der Waals surface area contributed by atoms with E-state index in [0.29, 0.717) is 0 Å². The van der Waals surface area contributed by atoms with Crippen LogP contribution in [0.1, 0.15) is 13.8 Å². The molecule has 0 aromatic carbocycles. The molecule has 0 radical (unpaired) electrons. The molecule has 0 unspecified atom stereocenters. The minimum atomic E-state index is -4.34. The van der Waals surface area contributed by atoms with Crippen molar-refractivity contribution in [3.05, 3.63) is 25.3 Å². The van der Waals surface area contributed by atoms with E-state index in [2.05, 4.69) is 17.7 Å². The molecule has 0 spiro atoms. The fraction of sp³-hybridized carbons (Fsp3) is 0.500. The zero-order valence-electron chi connectivity index (χ0n) is 8.59. The number of phosphoric acid groups is 1. The topological polar surface area (TPSA) is 87.0 Å². The van der Waals surface area contributed by atoms with Crippen LogP contribution in [0.15, 0.2) is 25.3 Å². The van der Waals surface area contributed by atoms with Crippen molar-refractivity contribution in [3.8, 4) is 0 Å². The average Bonchev–Trinajstić information content (AvgIpc) is 2.02. The van der Waals surface area contributed by atoms with Crippen LogP contribution in [0.3, 0.4) is 0 Å². The molecule has 0 aliphatic rings. The standard InChI is InChI=1S/2C3H6.C2H7O5P/c2*1-3-2;3-1-2-7-8(4,5)6/h2*3H,1H2,2H3;3H,1-2H2,(H2,4,5,6). The molecule has 14 heavy (non-hydrogen) atoms. The third kappa shape index (κ3) is 62.1. The summed E-state index contributed by atoms with van der Waals surface area (Å²) < 4.78 is 13.5. The Kier molecular flexibility index (Phi) is 20.6. The second-order valence-corrected chi connectivity index (χ2v) is 3.10. The van der Waals surface area contributed by atoms with Gasteiger partial charge in [0.25, 0.3) is 0 Å². The minimum Gasteiger partial charge on any atom is -0.394 e. The quantitative estimate of drug-likeness (QED) is 0.501. The molecule has 86 valence electrons. The first-order valence-electron chi connectivity index (χ1n) is 3.84. The van der Waals surface area contributed by atoms with E-state index in [9.17, 15) is 4.57 Å². The van der Waals surface area contributed by atoms with Crippen molar-refractivity contribution in [2.45, 2.75) is 13.8 Å². The number of phosphoric ester groups is 1. The highest BCUT2D eigenvalue weighted by molar-refractivity contribution is 7.46. The molecule has 0 aliphatic carbocycles. The van der Waals surface area contributed by atoms with E-state index in [4.69, 9.17) is 14.9 Å². The molecule has 3 N–H and O–H groups in total. The maximum atomic E-state index is 9.75. The molecule has 0 heterocycles. The number of hydrogen-bond acceptors (Lipinski definition) is 3. The van der Waals surface area contributed by atoms with Gasteiger partial charge in [0, 0.05) is 0 Å². The molecule has 0 bridgehead atoms. The Balaban J connectivity index is -0.000000168. The Morgan fingerprint density at radius 1 is 1.29 bits per heavy atom. The van der Waals surface area contributed by atoms with Gasteiger partial charge in [0.05, 0.1) is 13.2 Å². The van der Waals surface area contributed by atoms with E-state index >= 15 is 0 Å². The zero-order valence-corrected chi connectivity index (χ0v) is 9.48. The van der Waals surface area contributed by atoms with Gasteiger partial charge in [0.15, 0.2) is 0 Å². The zero-order chi connectivity index (χ0) is 12.0. The van der Waals surface area contributed by atoms with E-state index in [1.165, 1.54) is 0 Å². The summed E-state index contributed by atoms with van der Waals surface area (Å²) in [5, 5.41) is 7.96. The van der Waals surface area contributed by atoms with Crippen LogP contribution in [0.2, 0.25) is 0 Å². The summed E-state index contributed by atoms with van der Waals surface area (Å²) in [6.45, 7) is 9.79. The van der Waals surface area contributed by atoms with Crippen LogP contribution in [0.25, 0.3) is 0 Å². The monoisotopic (exact) mass is 226 g/mol. The highest BCUT2D eigenvalue weighted by Crippen LogP contribution is 2.34. The predicted octanol–water partition coefficient (Wildman–Crippen LogP) is 1.47. The lowest BCUT2D eigenvalue weighted by Gasteiger charge is -2.00. The molecule has 0 rings (SSSR count). The smallest absolute Gasteiger partial charge is 0.394 e. The van der Waals surface area contributed by atoms with Gasteiger partial charge in [0.1, 0.15) is 0 Å². The Bertz CT molecular complexity index is 157. The average molecular weight is 226 g/mol. The summed E-state index contributed by atoms with van der Waals surface area (Å²) in [6.07, 6.45) is 3.50.